The van der Waals surface area contributed by atoms with E-state index in [9.17, 15) is 4.79 Å². The fourth-order valence-corrected chi connectivity index (χ4v) is 4.13. The van der Waals surface area contributed by atoms with Gasteiger partial charge in [-0.15, -0.1) is 0 Å². The SMILES string of the molecule is CCCCN(CCCNC(=O)c1cc(-c2ccncc2)nc2ccccc12)Cc1ccccc1. The Hall–Kier alpha value is -3.57. The third kappa shape index (κ3) is 6.27. The van der Waals surface area contributed by atoms with Crippen LogP contribution in [0.15, 0.2) is 85.2 Å². The minimum Gasteiger partial charge on any atom is -0.352 e. The van der Waals surface area contributed by atoms with Crippen LogP contribution in [0.4, 0.5) is 0 Å². The number of pyridine rings is 2. The van der Waals surface area contributed by atoms with Gasteiger partial charge in [0.25, 0.3) is 5.91 Å². The Morgan fingerprint density at radius 2 is 1.65 bits per heavy atom. The number of fused-ring (bicyclic) bond motifs is 1. The van der Waals surface area contributed by atoms with Crippen LogP contribution in [0.5, 0.6) is 0 Å². The molecular formula is C29H32N4O. The van der Waals surface area contributed by atoms with Gasteiger partial charge in [-0.1, -0.05) is 61.9 Å². The molecule has 0 unspecified atom stereocenters. The first-order chi connectivity index (χ1) is 16.7. The first-order valence-corrected chi connectivity index (χ1v) is 12.1. The molecule has 4 aromatic rings. The molecule has 174 valence electrons. The molecule has 0 aliphatic carbocycles. The Labute approximate surface area is 201 Å². The number of nitrogens with zero attached hydrogens (tertiary/aromatic N) is 3. The van der Waals surface area contributed by atoms with Crippen LogP contribution in [0.1, 0.15) is 42.1 Å². The summed E-state index contributed by atoms with van der Waals surface area (Å²) in [5.41, 5.74) is 4.52. The zero-order valence-corrected chi connectivity index (χ0v) is 19.8. The second-order valence-electron chi connectivity index (χ2n) is 8.53. The Kier molecular flexibility index (Phi) is 8.36. The van der Waals surface area contributed by atoms with Crippen LogP contribution in [0.3, 0.4) is 0 Å². The van der Waals surface area contributed by atoms with E-state index in [2.05, 4.69) is 52.5 Å². The van der Waals surface area contributed by atoms with Gasteiger partial charge in [0.15, 0.2) is 0 Å². The number of aromatic nitrogens is 2. The highest BCUT2D eigenvalue weighted by Gasteiger charge is 2.14. The van der Waals surface area contributed by atoms with Crippen LogP contribution in [-0.4, -0.2) is 40.4 Å². The quantitative estimate of drug-likeness (QED) is 0.296. The topological polar surface area (TPSA) is 58.1 Å². The van der Waals surface area contributed by atoms with Crippen molar-refractivity contribution in [3.8, 4) is 11.3 Å². The monoisotopic (exact) mass is 452 g/mol. The van der Waals surface area contributed by atoms with Crippen LogP contribution in [0.25, 0.3) is 22.2 Å². The van der Waals surface area contributed by atoms with Gasteiger partial charge >= 0.3 is 0 Å². The molecule has 0 bridgehead atoms. The number of rotatable bonds is 11. The van der Waals surface area contributed by atoms with E-state index in [0.717, 1.165) is 48.2 Å². The third-order valence-corrected chi connectivity index (χ3v) is 5.95. The van der Waals surface area contributed by atoms with Gasteiger partial charge in [0, 0.05) is 43.0 Å². The first-order valence-electron chi connectivity index (χ1n) is 12.1. The average Bonchev–Trinajstić information content (AvgIpc) is 2.89. The van der Waals surface area contributed by atoms with Crippen molar-refractivity contribution in [1.29, 1.82) is 0 Å². The maximum absolute atomic E-state index is 13.2. The maximum Gasteiger partial charge on any atom is 0.252 e. The van der Waals surface area contributed by atoms with Crippen molar-refractivity contribution >= 4 is 16.8 Å². The number of unbranched alkanes of at least 4 members (excludes halogenated alkanes) is 1. The molecule has 2 heterocycles. The van der Waals surface area contributed by atoms with Gasteiger partial charge in [0.1, 0.15) is 0 Å². The maximum atomic E-state index is 13.2. The molecule has 0 radical (unpaired) electrons. The molecule has 0 aliphatic rings. The molecule has 1 amide bonds. The van der Waals surface area contributed by atoms with Crippen molar-refractivity contribution in [2.24, 2.45) is 0 Å². The zero-order valence-electron chi connectivity index (χ0n) is 19.8. The summed E-state index contributed by atoms with van der Waals surface area (Å²) in [6.45, 7) is 5.83. The van der Waals surface area contributed by atoms with E-state index in [1.807, 2.05) is 42.5 Å². The van der Waals surface area contributed by atoms with Crippen molar-refractivity contribution in [2.75, 3.05) is 19.6 Å². The molecule has 4 rings (SSSR count). The van der Waals surface area contributed by atoms with Crippen LogP contribution in [0.2, 0.25) is 0 Å². The second-order valence-corrected chi connectivity index (χ2v) is 8.53. The number of carbonyl (C=O) groups excluding carboxylic acids is 1. The summed E-state index contributed by atoms with van der Waals surface area (Å²) in [5, 5.41) is 4.01. The highest BCUT2D eigenvalue weighted by Crippen LogP contribution is 2.24. The molecule has 0 fully saturated rings. The lowest BCUT2D eigenvalue weighted by atomic mass is 10.0. The Morgan fingerprint density at radius 3 is 2.44 bits per heavy atom. The van der Waals surface area contributed by atoms with Crippen LogP contribution < -0.4 is 5.32 Å². The minimum absolute atomic E-state index is 0.0583. The standard InChI is InChI=1S/C29H32N4O/c1-2-3-19-33(22-23-10-5-4-6-11-23)20-9-16-31-29(34)26-21-28(24-14-17-30-18-15-24)32-27-13-8-7-12-25(26)27/h4-8,10-15,17-18,21H,2-3,9,16,19-20,22H2,1H3,(H,31,34). The summed E-state index contributed by atoms with van der Waals surface area (Å²) < 4.78 is 0. The van der Waals surface area contributed by atoms with Crippen LogP contribution >= 0.6 is 0 Å². The Bertz CT molecular complexity index is 1190. The Morgan fingerprint density at radius 1 is 0.912 bits per heavy atom. The normalized spacial score (nSPS) is 11.1. The van der Waals surface area contributed by atoms with Gasteiger partial charge in [0.05, 0.1) is 16.8 Å². The molecular weight excluding hydrogens is 420 g/mol. The molecule has 34 heavy (non-hydrogen) atoms. The van der Waals surface area contributed by atoms with Gasteiger partial charge in [-0.25, -0.2) is 4.98 Å². The van der Waals surface area contributed by atoms with E-state index in [-0.39, 0.29) is 5.91 Å². The van der Waals surface area contributed by atoms with E-state index >= 15 is 0 Å². The summed E-state index contributed by atoms with van der Waals surface area (Å²) in [5.74, 6) is -0.0583. The lowest BCUT2D eigenvalue weighted by Gasteiger charge is -2.22. The van der Waals surface area contributed by atoms with Gasteiger partial charge in [-0.2, -0.15) is 0 Å². The molecule has 2 aromatic heterocycles. The Balaban J connectivity index is 1.41. The molecule has 2 aromatic carbocycles. The summed E-state index contributed by atoms with van der Waals surface area (Å²) in [6.07, 6.45) is 6.75. The molecule has 0 saturated carbocycles. The lowest BCUT2D eigenvalue weighted by molar-refractivity contribution is 0.0953. The van der Waals surface area contributed by atoms with Crippen molar-refractivity contribution in [3.05, 3.63) is 96.3 Å². The van der Waals surface area contributed by atoms with Crippen molar-refractivity contribution in [3.63, 3.8) is 0 Å². The predicted molar refractivity (Wildman–Crippen MR) is 139 cm³/mol. The van der Waals surface area contributed by atoms with Crippen molar-refractivity contribution in [1.82, 2.24) is 20.2 Å². The van der Waals surface area contributed by atoms with Crippen molar-refractivity contribution in [2.45, 2.75) is 32.7 Å². The zero-order chi connectivity index (χ0) is 23.6. The molecule has 1 N–H and O–H groups in total. The number of nitrogens with one attached hydrogen (secondary N) is 1. The average molecular weight is 453 g/mol. The van der Waals surface area contributed by atoms with E-state index in [1.165, 1.54) is 18.4 Å². The minimum atomic E-state index is -0.0583. The molecule has 5 nitrogen and oxygen atoms in total. The third-order valence-electron chi connectivity index (χ3n) is 5.95. The summed E-state index contributed by atoms with van der Waals surface area (Å²) in [6, 6.07) is 24.1. The number of hydrogen-bond acceptors (Lipinski definition) is 4. The molecule has 0 spiro atoms. The first kappa shape index (κ1) is 23.6. The summed E-state index contributed by atoms with van der Waals surface area (Å²) in [4.78, 5) is 24.5. The smallest absolute Gasteiger partial charge is 0.252 e. The molecule has 0 aliphatic heterocycles. The number of amides is 1. The van der Waals surface area contributed by atoms with E-state index in [4.69, 9.17) is 4.98 Å². The van der Waals surface area contributed by atoms with Gasteiger partial charge in [-0.3, -0.25) is 14.7 Å². The lowest BCUT2D eigenvalue weighted by Crippen LogP contribution is -2.30. The highest BCUT2D eigenvalue weighted by molar-refractivity contribution is 6.07. The number of hydrogen-bond donors (Lipinski definition) is 1. The van der Waals surface area contributed by atoms with Gasteiger partial charge in [0.2, 0.25) is 0 Å². The van der Waals surface area contributed by atoms with E-state index in [1.54, 1.807) is 12.4 Å². The number of carbonyl (C=O) groups is 1. The highest BCUT2D eigenvalue weighted by atomic mass is 16.1. The summed E-state index contributed by atoms with van der Waals surface area (Å²) in [7, 11) is 0. The molecule has 0 saturated heterocycles. The van der Waals surface area contributed by atoms with E-state index in [0.29, 0.717) is 12.1 Å². The fourth-order valence-electron chi connectivity index (χ4n) is 4.13. The van der Waals surface area contributed by atoms with Gasteiger partial charge in [-0.05, 0) is 49.2 Å². The number of benzene rings is 2. The van der Waals surface area contributed by atoms with Gasteiger partial charge < -0.3 is 5.32 Å². The molecule has 0 atom stereocenters. The summed E-state index contributed by atoms with van der Waals surface area (Å²) >= 11 is 0. The largest absolute Gasteiger partial charge is 0.352 e. The van der Waals surface area contributed by atoms with Crippen LogP contribution in [0, 0.1) is 0 Å². The number of para-hydroxylation sites is 1. The predicted octanol–water partition coefficient (Wildman–Crippen LogP) is 5.72. The van der Waals surface area contributed by atoms with E-state index < -0.39 is 0 Å². The van der Waals surface area contributed by atoms with Crippen LogP contribution in [-0.2, 0) is 6.54 Å². The fraction of sp³-hybridized carbons (Fsp3) is 0.276. The second kappa shape index (κ2) is 12.1. The molecule has 5 heteroatoms. The van der Waals surface area contributed by atoms with Crippen molar-refractivity contribution < 1.29 is 4.79 Å².